The molecule has 0 fully saturated rings. The largest absolute Gasteiger partial charge is 0.497 e. The summed E-state index contributed by atoms with van der Waals surface area (Å²) in [7, 11) is 1.59. The number of nitrogens with zero attached hydrogens (tertiary/aromatic N) is 3. The summed E-state index contributed by atoms with van der Waals surface area (Å²) in [6.07, 6.45) is 0. The second-order valence-corrected chi connectivity index (χ2v) is 3.72. The van der Waals surface area contributed by atoms with E-state index in [2.05, 4.69) is 25.6 Å². The summed E-state index contributed by atoms with van der Waals surface area (Å²) in [4.78, 5) is 14.7. The van der Waals surface area contributed by atoms with Crippen LogP contribution in [0.15, 0.2) is 29.1 Å². The Bertz CT molecular complexity index is 753. The van der Waals surface area contributed by atoms with E-state index in [1.165, 1.54) is 0 Å². The van der Waals surface area contributed by atoms with Crippen LogP contribution in [0.1, 0.15) is 0 Å². The maximum absolute atomic E-state index is 11.9. The zero-order valence-electron chi connectivity index (χ0n) is 10.5. The quantitative estimate of drug-likeness (QED) is 0.652. The van der Waals surface area contributed by atoms with E-state index in [-0.39, 0.29) is 35.1 Å². The van der Waals surface area contributed by atoms with Gasteiger partial charge in [0.25, 0.3) is 5.56 Å². The Kier molecular flexibility index (Phi) is 3.98. The van der Waals surface area contributed by atoms with Crippen molar-refractivity contribution >= 4 is 40.5 Å². The summed E-state index contributed by atoms with van der Waals surface area (Å²) in [5.41, 5.74) is 0.879. The van der Waals surface area contributed by atoms with Crippen molar-refractivity contribution in [2.75, 3.05) is 7.11 Å². The molecule has 19 heavy (non-hydrogen) atoms. The van der Waals surface area contributed by atoms with Crippen molar-refractivity contribution in [1.29, 1.82) is 0 Å². The number of hydrogen-bond donors (Lipinski definition) is 2. The SMILES string of the molecule is COc1ccc2[nH]c(=O)c(-c3nnn[nH]3)cc2c1.[Na]. The van der Waals surface area contributed by atoms with Crippen molar-refractivity contribution in [1.82, 2.24) is 25.6 Å². The second-order valence-electron chi connectivity index (χ2n) is 3.72. The Morgan fingerprint density at radius 3 is 2.79 bits per heavy atom. The van der Waals surface area contributed by atoms with Gasteiger partial charge in [-0.25, -0.2) is 5.10 Å². The Labute approximate surface area is 129 Å². The first-order valence-corrected chi connectivity index (χ1v) is 5.23. The van der Waals surface area contributed by atoms with E-state index in [0.29, 0.717) is 11.4 Å². The van der Waals surface area contributed by atoms with Crippen molar-refractivity contribution in [2.24, 2.45) is 0 Å². The van der Waals surface area contributed by atoms with Gasteiger partial charge in [0.15, 0.2) is 5.82 Å². The van der Waals surface area contributed by atoms with Crippen LogP contribution in [0.2, 0.25) is 0 Å². The number of rotatable bonds is 2. The molecule has 0 saturated heterocycles. The molecular weight excluding hydrogens is 257 g/mol. The van der Waals surface area contributed by atoms with E-state index < -0.39 is 0 Å². The number of benzene rings is 1. The van der Waals surface area contributed by atoms with Gasteiger partial charge >= 0.3 is 0 Å². The number of aromatic nitrogens is 5. The predicted octanol–water partition coefficient (Wildman–Crippen LogP) is 0.336. The Morgan fingerprint density at radius 1 is 1.26 bits per heavy atom. The minimum atomic E-state index is -0.244. The average molecular weight is 266 g/mol. The first kappa shape index (κ1) is 13.7. The topological polar surface area (TPSA) is 96.6 Å². The summed E-state index contributed by atoms with van der Waals surface area (Å²) in [5.74, 6) is 1.05. The predicted molar refractivity (Wildman–Crippen MR) is 70.0 cm³/mol. The van der Waals surface area contributed by atoms with Crippen LogP contribution >= 0.6 is 0 Å². The van der Waals surface area contributed by atoms with Crippen LogP contribution in [0.25, 0.3) is 22.3 Å². The zero-order chi connectivity index (χ0) is 12.5. The molecule has 2 N–H and O–H groups in total. The maximum atomic E-state index is 11.9. The molecule has 0 aliphatic rings. The number of tetrazole rings is 1. The van der Waals surface area contributed by atoms with Gasteiger partial charge in [-0.1, -0.05) is 0 Å². The summed E-state index contributed by atoms with van der Waals surface area (Å²) in [6, 6.07) is 7.13. The van der Waals surface area contributed by atoms with Crippen LogP contribution in [0.4, 0.5) is 0 Å². The molecule has 3 rings (SSSR count). The summed E-state index contributed by atoms with van der Waals surface area (Å²) in [6.45, 7) is 0. The summed E-state index contributed by atoms with van der Waals surface area (Å²) < 4.78 is 5.14. The van der Waals surface area contributed by atoms with Crippen LogP contribution in [0.3, 0.4) is 0 Å². The molecule has 8 heteroatoms. The molecule has 2 aromatic heterocycles. The maximum Gasteiger partial charge on any atom is 0.259 e. The Morgan fingerprint density at radius 2 is 2.11 bits per heavy atom. The van der Waals surface area contributed by atoms with Crippen molar-refractivity contribution in [3.8, 4) is 17.1 Å². The van der Waals surface area contributed by atoms with Crippen LogP contribution < -0.4 is 10.3 Å². The molecule has 3 aromatic rings. The van der Waals surface area contributed by atoms with Gasteiger partial charge < -0.3 is 9.72 Å². The molecule has 1 aromatic carbocycles. The van der Waals surface area contributed by atoms with E-state index in [4.69, 9.17) is 4.74 Å². The van der Waals surface area contributed by atoms with Gasteiger partial charge in [0.05, 0.1) is 12.7 Å². The zero-order valence-corrected chi connectivity index (χ0v) is 12.5. The monoisotopic (exact) mass is 266 g/mol. The fourth-order valence-corrected chi connectivity index (χ4v) is 1.76. The molecule has 0 saturated carbocycles. The smallest absolute Gasteiger partial charge is 0.259 e. The third-order valence-corrected chi connectivity index (χ3v) is 2.65. The molecule has 7 nitrogen and oxygen atoms in total. The Hall–Kier alpha value is -1.70. The summed E-state index contributed by atoms with van der Waals surface area (Å²) in [5, 5.41) is 14.1. The van der Waals surface area contributed by atoms with E-state index in [1.54, 1.807) is 25.3 Å². The first-order chi connectivity index (χ1) is 8.78. The van der Waals surface area contributed by atoms with E-state index >= 15 is 0 Å². The average Bonchev–Trinajstić information content (AvgIpc) is 2.91. The first-order valence-electron chi connectivity index (χ1n) is 5.23. The van der Waals surface area contributed by atoms with Crippen molar-refractivity contribution in [3.63, 3.8) is 0 Å². The number of ether oxygens (including phenoxy) is 1. The van der Waals surface area contributed by atoms with Gasteiger partial charge in [0.1, 0.15) is 5.75 Å². The van der Waals surface area contributed by atoms with Gasteiger partial charge in [0, 0.05) is 40.5 Å². The number of H-pyrrole nitrogens is 2. The van der Waals surface area contributed by atoms with Gasteiger partial charge in [-0.05, 0) is 34.7 Å². The molecule has 0 unspecified atom stereocenters. The van der Waals surface area contributed by atoms with Crippen LogP contribution in [-0.2, 0) is 0 Å². The minimum absolute atomic E-state index is 0. The van der Waals surface area contributed by atoms with E-state index in [0.717, 1.165) is 16.7 Å². The normalized spacial score (nSPS) is 10.2. The molecule has 0 amide bonds. The molecule has 1 radical (unpaired) electrons. The molecule has 0 spiro atoms. The van der Waals surface area contributed by atoms with Crippen molar-refractivity contribution in [2.45, 2.75) is 0 Å². The molecule has 0 aliphatic carbocycles. The van der Waals surface area contributed by atoms with E-state index in [1.807, 2.05) is 6.07 Å². The van der Waals surface area contributed by atoms with Crippen LogP contribution in [-0.4, -0.2) is 62.3 Å². The van der Waals surface area contributed by atoms with Crippen LogP contribution in [0.5, 0.6) is 5.75 Å². The number of nitrogens with one attached hydrogen (secondary N) is 2. The van der Waals surface area contributed by atoms with Gasteiger partial charge in [0.2, 0.25) is 0 Å². The van der Waals surface area contributed by atoms with Gasteiger partial charge in [-0.2, -0.15) is 0 Å². The van der Waals surface area contributed by atoms with Crippen molar-refractivity contribution in [3.05, 3.63) is 34.6 Å². The number of pyridine rings is 1. The number of hydrogen-bond acceptors (Lipinski definition) is 5. The van der Waals surface area contributed by atoms with Gasteiger partial charge in [-0.15, -0.1) is 5.10 Å². The number of aromatic amines is 2. The standard InChI is InChI=1S/C11H9N5O2.Na/c1-18-7-2-3-9-6(4-7)5-8(11(17)12-9)10-13-15-16-14-10;/h2-5H,1H3,(H,12,17)(H,13,14,15,16);. The molecule has 0 bridgehead atoms. The molecular formula is C11H9N5NaO2. The fourth-order valence-electron chi connectivity index (χ4n) is 1.76. The third kappa shape index (κ3) is 2.53. The third-order valence-electron chi connectivity index (χ3n) is 2.65. The molecule has 0 aliphatic heterocycles. The minimum Gasteiger partial charge on any atom is -0.497 e. The molecule has 0 atom stereocenters. The number of fused-ring (bicyclic) bond motifs is 1. The molecule has 91 valence electrons. The number of methoxy groups -OCH3 is 1. The van der Waals surface area contributed by atoms with Crippen LogP contribution in [0, 0.1) is 0 Å². The van der Waals surface area contributed by atoms with Crippen molar-refractivity contribution < 1.29 is 4.74 Å². The fraction of sp³-hybridized carbons (Fsp3) is 0.0909. The summed E-state index contributed by atoms with van der Waals surface area (Å²) >= 11 is 0. The Balaban J connectivity index is 0.00000133. The van der Waals surface area contributed by atoms with Gasteiger partial charge in [-0.3, -0.25) is 4.79 Å². The molecule has 2 heterocycles. The second kappa shape index (κ2) is 5.52. The van der Waals surface area contributed by atoms with E-state index in [9.17, 15) is 4.79 Å².